The van der Waals surface area contributed by atoms with Crippen LogP contribution in [0, 0.1) is 5.82 Å². The Labute approximate surface area is 189 Å². The predicted molar refractivity (Wildman–Crippen MR) is 123 cm³/mol. The molecule has 1 heterocycles. The number of carbonyl (C=O) groups is 2. The zero-order chi connectivity index (χ0) is 23.1. The lowest BCUT2D eigenvalue weighted by Crippen LogP contribution is -2.12. The van der Waals surface area contributed by atoms with Crippen LogP contribution in [-0.2, 0) is 9.53 Å². The summed E-state index contributed by atoms with van der Waals surface area (Å²) in [5.74, 6) is -0.234. The van der Waals surface area contributed by atoms with Crippen LogP contribution < -0.4 is 14.8 Å². The van der Waals surface area contributed by atoms with E-state index in [-0.39, 0.29) is 18.0 Å². The topological polar surface area (TPSA) is 73.9 Å². The van der Waals surface area contributed by atoms with E-state index in [1.165, 1.54) is 36.7 Å². The molecule has 6 nitrogen and oxygen atoms in total. The maximum atomic E-state index is 13.3. The average molecular weight is 456 g/mol. The minimum Gasteiger partial charge on any atom is -0.493 e. The van der Waals surface area contributed by atoms with Gasteiger partial charge in [0, 0.05) is 17.0 Å². The zero-order valence-electron chi connectivity index (χ0n) is 17.8. The van der Waals surface area contributed by atoms with Crippen LogP contribution >= 0.6 is 11.3 Å². The van der Waals surface area contributed by atoms with E-state index in [1.54, 1.807) is 55.8 Å². The Kier molecular flexibility index (Phi) is 7.62. The van der Waals surface area contributed by atoms with Crippen LogP contribution in [0.3, 0.4) is 0 Å². The van der Waals surface area contributed by atoms with Gasteiger partial charge in [-0.05, 0) is 48.4 Å². The second kappa shape index (κ2) is 10.6. The second-order valence-electron chi connectivity index (χ2n) is 6.52. The van der Waals surface area contributed by atoms with Gasteiger partial charge in [-0.15, -0.1) is 11.3 Å². The molecule has 32 heavy (non-hydrogen) atoms. The first kappa shape index (κ1) is 23.0. The number of anilines is 1. The maximum Gasteiger partial charge on any atom is 0.341 e. The number of carbonyl (C=O) groups excluding carboxylic acids is 2. The van der Waals surface area contributed by atoms with Crippen molar-refractivity contribution in [3.05, 3.63) is 70.9 Å². The van der Waals surface area contributed by atoms with Gasteiger partial charge in [0.2, 0.25) is 5.91 Å². The Morgan fingerprint density at radius 1 is 1.06 bits per heavy atom. The second-order valence-corrected chi connectivity index (χ2v) is 7.40. The van der Waals surface area contributed by atoms with Gasteiger partial charge in [0.1, 0.15) is 16.4 Å². The Hall–Kier alpha value is -3.65. The number of methoxy groups -OCH3 is 2. The van der Waals surface area contributed by atoms with Gasteiger partial charge in [-0.2, -0.15) is 0 Å². The predicted octanol–water partition coefficient (Wildman–Crippen LogP) is 5.40. The molecule has 0 radical (unpaired) electrons. The third-order valence-electron chi connectivity index (χ3n) is 4.50. The van der Waals surface area contributed by atoms with Gasteiger partial charge in [0.15, 0.2) is 11.5 Å². The number of halogens is 1. The summed E-state index contributed by atoms with van der Waals surface area (Å²) < 4.78 is 28.9. The summed E-state index contributed by atoms with van der Waals surface area (Å²) in [5, 5.41) is 4.82. The Morgan fingerprint density at radius 2 is 1.78 bits per heavy atom. The van der Waals surface area contributed by atoms with Gasteiger partial charge < -0.3 is 19.5 Å². The fourth-order valence-electron chi connectivity index (χ4n) is 2.98. The van der Waals surface area contributed by atoms with E-state index in [9.17, 15) is 14.0 Å². The first-order valence-electron chi connectivity index (χ1n) is 9.72. The molecule has 1 N–H and O–H groups in total. The number of esters is 1. The van der Waals surface area contributed by atoms with Crippen LogP contribution in [0.2, 0.25) is 0 Å². The fraction of sp³-hybridized carbons (Fsp3) is 0.167. The van der Waals surface area contributed by atoms with E-state index in [0.29, 0.717) is 27.6 Å². The number of ether oxygens (including phenoxy) is 3. The molecule has 166 valence electrons. The first-order chi connectivity index (χ1) is 15.5. The number of amides is 1. The van der Waals surface area contributed by atoms with Crippen LogP contribution in [0.25, 0.3) is 17.2 Å². The van der Waals surface area contributed by atoms with Crippen molar-refractivity contribution < 1.29 is 28.2 Å². The standard InChI is InChI=1S/C24H22FNO5S/c1-4-31-24(28)22-18(16-7-9-17(25)10-8-16)14-32-23(22)26-21(27)12-6-15-5-11-19(29-2)20(13-15)30-3/h5-14H,4H2,1-3H3,(H,26,27)/b12-6+. The maximum absolute atomic E-state index is 13.3. The number of nitrogens with one attached hydrogen (secondary N) is 1. The number of benzene rings is 2. The molecule has 1 aromatic heterocycles. The summed E-state index contributed by atoms with van der Waals surface area (Å²) in [5.41, 5.74) is 2.18. The molecular weight excluding hydrogens is 433 g/mol. The van der Waals surface area contributed by atoms with E-state index in [2.05, 4.69) is 5.32 Å². The molecule has 0 unspecified atom stereocenters. The van der Waals surface area contributed by atoms with Crippen LogP contribution in [0.5, 0.6) is 11.5 Å². The third kappa shape index (κ3) is 5.33. The van der Waals surface area contributed by atoms with Crippen LogP contribution in [0.4, 0.5) is 9.39 Å². The molecule has 3 aromatic rings. The summed E-state index contributed by atoms with van der Waals surface area (Å²) >= 11 is 1.19. The van der Waals surface area contributed by atoms with E-state index >= 15 is 0 Å². The summed E-state index contributed by atoms with van der Waals surface area (Å²) in [6, 6.07) is 11.0. The number of hydrogen-bond acceptors (Lipinski definition) is 6. The van der Waals surface area contributed by atoms with Gasteiger partial charge in [-0.25, -0.2) is 9.18 Å². The van der Waals surface area contributed by atoms with Gasteiger partial charge in [-0.3, -0.25) is 4.79 Å². The van der Waals surface area contributed by atoms with Crippen LogP contribution in [0.15, 0.2) is 53.9 Å². The van der Waals surface area contributed by atoms with Crippen molar-refractivity contribution in [1.82, 2.24) is 0 Å². The average Bonchev–Trinajstić information content (AvgIpc) is 3.21. The molecule has 2 aromatic carbocycles. The largest absolute Gasteiger partial charge is 0.493 e. The van der Waals surface area contributed by atoms with E-state index in [0.717, 1.165) is 5.56 Å². The summed E-state index contributed by atoms with van der Waals surface area (Å²) in [4.78, 5) is 25.1. The zero-order valence-corrected chi connectivity index (χ0v) is 18.6. The highest BCUT2D eigenvalue weighted by molar-refractivity contribution is 7.15. The Morgan fingerprint density at radius 3 is 2.44 bits per heavy atom. The lowest BCUT2D eigenvalue weighted by atomic mass is 10.0. The molecule has 3 rings (SSSR count). The van der Waals surface area contributed by atoms with E-state index in [1.807, 2.05) is 0 Å². The lowest BCUT2D eigenvalue weighted by molar-refractivity contribution is -0.111. The Bertz CT molecular complexity index is 1140. The van der Waals surface area contributed by atoms with Gasteiger partial charge in [-0.1, -0.05) is 18.2 Å². The minimum absolute atomic E-state index is 0.185. The molecule has 8 heteroatoms. The fourth-order valence-corrected chi connectivity index (χ4v) is 3.94. The summed E-state index contributed by atoms with van der Waals surface area (Å²) in [6.45, 7) is 1.89. The van der Waals surface area contributed by atoms with Crippen molar-refractivity contribution in [2.45, 2.75) is 6.92 Å². The molecule has 1 amide bonds. The Balaban J connectivity index is 1.84. The first-order valence-corrected chi connectivity index (χ1v) is 10.6. The molecule has 0 aliphatic heterocycles. The van der Waals surface area contributed by atoms with Crippen molar-refractivity contribution in [1.29, 1.82) is 0 Å². The molecular formula is C24H22FNO5S. The minimum atomic E-state index is -0.563. The van der Waals surface area contributed by atoms with Crippen molar-refractivity contribution in [3.63, 3.8) is 0 Å². The van der Waals surface area contributed by atoms with Gasteiger partial charge in [0.25, 0.3) is 0 Å². The van der Waals surface area contributed by atoms with Crippen molar-refractivity contribution in [2.75, 3.05) is 26.1 Å². The molecule has 0 fully saturated rings. The third-order valence-corrected chi connectivity index (χ3v) is 5.39. The highest BCUT2D eigenvalue weighted by atomic mass is 32.1. The molecule has 0 aliphatic carbocycles. The molecule has 0 saturated heterocycles. The molecule has 0 bridgehead atoms. The van der Waals surface area contributed by atoms with Crippen LogP contribution in [-0.4, -0.2) is 32.7 Å². The number of thiophene rings is 1. The summed E-state index contributed by atoms with van der Waals surface area (Å²) in [7, 11) is 3.08. The van der Waals surface area contributed by atoms with Crippen molar-refractivity contribution in [2.24, 2.45) is 0 Å². The molecule has 0 spiro atoms. The SMILES string of the molecule is CCOC(=O)c1c(-c2ccc(F)cc2)csc1NC(=O)/C=C/c1ccc(OC)c(OC)c1. The molecule has 0 aliphatic rings. The van der Waals surface area contributed by atoms with Gasteiger partial charge in [0.05, 0.1) is 20.8 Å². The lowest BCUT2D eigenvalue weighted by Gasteiger charge is -2.08. The van der Waals surface area contributed by atoms with Crippen molar-refractivity contribution >= 4 is 34.3 Å². The van der Waals surface area contributed by atoms with Crippen LogP contribution in [0.1, 0.15) is 22.8 Å². The smallest absolute Gasteiger partial charge is 0.341 e. The molecule has 0 atom stereocenters. The quantitative estimate of drug-likeness (QED) is 0.364. The normalized spacial score (nSPS) is 10.8. The van der Waals surface area contributed by atoms with Crippen molar-refractivity contribution in [3.8, 4) is 22.6 Å². The van der Waals surface area contributed by atoms with Gasteiger partial charge >= 0.3 is 5.97 Å². The number of hydrogen-bond donors (Lipinski definition) is 1. The highest BCUT2D eigenvalue weighted by Crippen LogP contribution is 2.36. The highest BCUT2D eigenvalue weighted by Gasteiger charge is 2.22. The monoisotopic (exact) mass is 455 g/mol. The summed E-state index contributed by atoms with van der Waals surface area (Å²) in [6.07, 6.45) is 2.98. The number of rotatable bonds is 8. The molecule has 0 saturated carbocycles. The van der Waals surface area contributed by atoms with E-state index < -0.39 is 11.9 Å². The van der Waals surface area contributed by atoms with E-state index in [4.69, 9.17) is 14.2 Å².